The Labute approximate surface area is 365 Å². The molecule has 1 aliphatic heterocycles. The van der Waals surface area contributed by atoms with E-state index in [2.05, 4.69) is 89.3 Å². The summed E-state index contributed by atoms with van der Waals surface area (Å²) in [7, 11) is 0. The predicted octanol–water partition coefficient (Wildman–Crippen LogP) is 15.2. The summed E-state index contributed by atoms with van der Waals surface area (Å²) in [5.41, 5.74) is 11.7. The molecule has 0 atom stereocenters. The van der Waals surface area contributed by atoms with Crippen LogP contribution in [0.5, 0.6) is 11.5 Å². The van der Waals surface area contributed by atoms with Crippen molar-refractivity contribution in [3.8, 4) is 72.8 Å². The molecule has 10 aromatic rings. The average Bonchev–Trinajstić information content (AvgIpc) is 4.04. The van der Waals surface area contributed by atoms with Crippen molar-refractivity contribution in [2.24, 2.45) is 0 Å². The zero-order valence-corrected chi connectivity index (χ0v) is 33.2. The molecule has 4 heteroatoms. The summed E-state index contributed by atoms with van der Waals surface area (Å²) < 4.78 is 78.0. The fourth-order valence-electron chi connectivity index (χ4n) is 10.5. The molecule has 0 unspecified atom stereocenters. The van der Waals surface area contributed by atoms with Gasteiger partial charge in [-0.3, -0.25) is 8.97 Å². The second-order valence-corrected chi connectivity index (χ2v) is 16.7. The van der Waals surface area contributed by atoms with Gasteiger partial charge in [0.25, 0.3) is 0 Å². The molecule has 61 heavy (non-hydrogen) atoms. The minimum Gasteiger partial charge on any atom is -0.456 e. The molecule has 0 saturated heterocycles. The summed E-state index contributed by atoms with van der Waals surface area (Å²) in [5.74, 6) is -0.138. The summed E-state index contributed by atoms with van der Waals surface area (Å²) in [5, 5.41) is 0. The lowest BCUT2D eigenvalue weighted by atomic mass is 9.73. The van der Waals surface area contributed by atoms with E-state index in [-0.39, 0.29) is 22.6 Å². The Morgan fingerprint density at radius 1 is 0.541 bits per heavy atom. The first-order valence-corrected chi connectivity index (χ1v) is 21.2. The number of imidazole rings is 2. The largest absolute Gasteiger partial charge is 0.456 e. The van der Waals surface area contributed by atoms with Crippen LogP contribution in [0.2, 0.25) is 0 Å². The van der Waals surface area contributed by atoms with Crippen molar-refractivity contribution in [3.05, 3.63) is 187 Å². The smallest absolute Gasteiger partial charge is 0.220 e. The zero-order valence-electron chi connectivity index (χ0n) is 40.2. The van der Waals surface area contributed by atoms with Gasteiger partial charge in [-0.25, -0.2) is 4.98 Å². The number of para-hydroxylation sites is 5. The molecule has 3 aliphatic rings. The van der Waals surface area contributed by atoms with Crippen molar-refractivity contribution in [1.82, 2.24) is 14.0 Å². The second-order valence-electron chi connectivity index (χ2n) is 16.7. The quantitative estimate of drug-likeness (QED) is 0.178. The molecule has 1 saturated carbocycles. The molecule has 292 valence electrons. The number of aromatic nitrogens is 3. The van der Waals surface area contributed by atoms with Crippen LogP contribution in [-0.2, 0) is 5.41 Å². The van der Waals surface area contributed by atoms with Crippen molar-refractivity contribution >= 4 is 27.8 Å². The number of rotatable bonds is 3. The van der Waals surface area contributed by atoms with E-state index in [1.807, 2.05) is 59.2 Å². The molecule has 2 aliphatic carbocycles. The lowest BCUT2D eigenvalue weighted by molar-refractivity contribution is 0.419. The Hall–Kier alpha value is -7.17. The number of fused-ring (bicyclic) bond motifs is 15. The lowest BCUT2D eigenvalue weighted by Crippen LogP contribution is -2.25. The summed E-state index contributed by atoms with van der Waals surface area (Å²) in [6.07, 6.45) is 2.97. The molecule has 8 aromatic carbocycles. The van der Waals surface area contributed by atoms with Gasteiger partial charge >= 0.3 is 0 Å². The molecule has 1 fully saturated rings. The van der Waals surface area contributed by atoms with Gasteiger partial charge in [0.15, 0.2) is 0 Å². The van der Waals surface area contributed by atoms with Crippen LogP contribution in [0.3, 0.4) is 0 Å². The van der Waals surface area contributed by atoms with Crippen LogP contribution >= 0.6 is 0 Å². The number of hydrogen-bond acceptors (Lipinski definition) is 2. The third-order valence-corrected chi connectivity index (χ3v) is 13.3. The molecule has 13 rings (SSSR count). The number of benzene rings is 8. The van der Waals surface area contributed by atoms with E-state index in [0.29, 0.717) is 35.4 Å². The molecule has 0 radical (unpaired) electrons. The second kappa shape index (κ2) is 12.9. The fourth-order valence-corrected chi connectivity index (χ4v) is 10.5. The fraction of sp³-hybridized carbons (Fsp3) is 0.140. The highest BCUT2D eigenvalue weighted by Crippen LogP contribution is 2.56. The van der Waals surface area contributed by atoms with Gasteiger partial charge in [0.05, 0.1) is 27.8 Å². The van der Waals surface area contributed by atoms with Crippen LogP contribution in [0.1, 0.15) is 71.6 Å². The Bertz CT molecular complexity index is 3730. The maximum absolute atomic E-state index is 10.4. The molecular formula is C57H43N3O. The molecule has 3 heterocycles. The lowest BCUT2D eigenvalue weighted by Gasteiger charge is -2.36. The maximum atomic E-state index is 10.4. The third-order valence-electron chi connectivity index (χ3n) is 13.3. The van der Waals surface area contributed by atoms with Crippen LogP contribution in [0, 0.1) is 0 Å². The van der Waals surface area contributed by atoms with E-state index < -0.39 is 25.0 Å². The standard InChI is InChI=1S/C57H43N3O/c1-57(2)48-25-11-16-30-54(48)61-55-47(31-36(32-49(55)57)59-52-28-14-15-29-53(52)60-51-27-13-12-26-50(51)58-56(59)60)46-34-45-42-24-10-8-22-40(42)38-20-6-5-19-37(38)39-21-7-9-23-41(39)44(45)33-43(46)35-17-3-4-18-35/h5-16,19-35H,3-4,17-18H2,1-2H3/i1D3,2D3,35D. The van der Waals surface area contributed by atoms with Gasteiger partial charge in [0, 0.05) is 31.7 Å². The maximum Gasteiger partial charge on any atom is 0.220 e. The first-order chi connectivity index (χ1) is 32.9. The summed E-state index contributed by atoms with van der Waals surface area (Å²) in [4.78, 5) is 5.19. The number of hydrogen-bond donors (Lipinski definition) is 0. The Morgan fingerprint density at radius 3 is 1.77 bits per heavy atom. The van der Waals surface area contributed by atoms with Gasteiger partial charge in [-0.2, -0.15) is 0 Å². The minimum atomic E-state index is -3.09. The first kappa shape index (κ1) is 28.3. The number of ether oxygens (including phenoxy) is 1. The van der Waals surface area contributed by atoms with Crippen molar-refractivity contribution in [2.45, 2.75) is 50.7 Å². The van der Waals surface area contributed by atoms with E-state index in [4.69, 9.17) is 9.72 Å². The normalized spacial score (nSPS) is 17.6. The highest BCUT2D eigenvalue weighted by Gasteiger charge is 2.38. The molecule has 0 N–H and O–H groups in total. The van der Waals surface area contributed by atoms with Gasteiger partial charge in [0.2, 0.25) is 5.78 Å². The highest BCUT2D eigenvalue weighted by atomic mass is 16.5. The van der Waals surface area contributed by atoms with E-state index in [0.717, 1.165) is 85.0 Å². The topological polar surface area (TPSA) is 31.5 Å². The van der Waals surface area contributed by atoms with Crippen molar-refractivity contribution < 1.29 is 14.3 Å². The molecular weight excluding hydrogens is 743 g/mol. The van der Waals surface area contributed by atoms with Crippen LogP contribution in [0.25, 0.3) is 89.2 Å². The van der Waals surface area contributed by atoms with Gasteiger partial charge in [-0.05, 0) is 129 Å². The van der Waals surface area contributed by atoms with Gasteiger partial charge in [-0.15, -0.1) is 0 Å². The Balaban J connectivity index is 1.22. The van der Waals surface area contributed by atoms with Crippen LogP contribution in [-0.4, -0.2) is 14.0 Å². The van der Waals surface area contributed by atoms with E-state index >= 15 is 0 Å². The average molecular weight is 793 g/mol. The van der Waals surface area contributed by atoms with Gasteiger partial charge < -0.3 is 4.74 Å². The van der Waals surface area contributed by atoms with Gasteiger partial charge in [-0.1, -0.05) is 142 Å². The van der Waals surface area contributed by atoms with Crippen molar-refractivity contribution in [1.29, 1.82) is 0 Å². The van der Waals surface area contributed by atoms with Crippen LogP contribution in [0.15, 0.2) is 170 Å². The number of nitrogens with zero attached hydrogens (tertiary/aromatic N) is 3. The first-order valence-electron chi connectivity index (χ1n) is 24.7. The minimum absolute atomic E-state index is 0.0264. The van der Waals surface area contributed by atoms with Crippen molar-refractivity contribution in [2.75, 3.05) is 0 Å². The van der Waals surface area contributed by atoms with Crippen LogP contribution < -0.4 is 4.74 Å². The summed E-state index contributed by atoms with van der Waals surface area (Å²) in [6, 6.07) is 56.0. The van der Waals surface area contributed by atoms with Crippen molar-refractivity contribution in [3.63, 3.8) is 0 Å². The summed E-state index contributed by atoms with van der Waals surface area (Å²) in [6.45, 7) is -6.18. The molecule has 0 bridgehead atoms. The highest BCUT2D eigenvalue weighted by molar-refractivity contribution is 6.05. The van der Waals surface area contributed by atoms with E-state index in [1.165, 1.54) is 0 Å². The molecule has 0 amide bonds. The summed E-state index contributed by atoms with van der Waals surface area (Å²) >= 11 is 0. The monoisotopic (exact) mass is 792 g/mol. The SMILES string of the molecule is [2H]C1(c2cc3c(cc2-c2cc(-n4c5ccccc5n5c6ccccc6nc45)cc4c2Oc2ccccc2C4(C([2H])([2H])[2H])C([2H])([2H])[2H])-c2ccccc2-c2ccccc2-c2ccccc2-3)CCCC1. The molecule has 0 spiro atoms. The Morgan fingerprint density at radius 2 is 1.10 bits per heavy atom. The van der Waals surface area contributed by atoms with E-state index in [9.17, 15) is 9.60 Å². The zero-order chi connectivity index (χ0) is 46.3. The predicted molar refractivity (Wildman–Crippen MR) is 250 cm³/mol. The molecule has 4 nitrogen and oxygen atoms in total. The Kier molecular flexibility index (Phi) is 6.00. The van der Waals surface area contributed by atoms with Crippen LogP contribution in [0.4, 0.5) is 0 Å². The molecule has 2 aromatic heterocycles. The van der Waals surface area contributed by atoms with E-state index in [1.54, 1.807) is 30.3 Å². The third kappa shape index (κ3) is 4.96. The van der Waals surface area contributed by atoms with Gasteiger partial charge in [0.1, 0.15) is 11.5 Å².